The number of nitrogens with zero attached hydrogens (tertiary/aromatic N) is 1. The van der Waals surface area contributed by atoms with E-state index in [4.69, 9.17) is 11.5 Å². The molecule has 1 aromatic carbocycles. The van der Waals surface area contributed by atoms with E-state index in [1.807, 2.05) is 6.26 Å². The maximum absolute atomic E-state index is 13.8. The zero-order valence-corrected chi connectivity index (χ0v) is 20.5. The van der Waals surface area contributed by atoms with E-state index in [2.05, 4.69) is 0 Å². The van der Waals surface area contributed by atoms with Gasteiger partial charge >= 0.3 is 0 Å². The summed E-state index contributed by atoms with van der Waals surface area (Å²) in [6.45, 7) is 0.144. The number of likely N-dealkylation sites (N-methyl/N-ethyl adjacent to an activating group) is 1. The molecule has 0 spiro atoms. The number of carbonyl (C=O) groups excluding carboxylic acids is 3. The van der Waals surface area contributed by atoms with Crippen molar-refractivity contribution in [3.63, 3.8) is 0 Å². The molecule has 0 aromatic heterocycles. The fraction of sp³-hybridized carbons (Fsp3) is 0.458. The van der Waals surface area contributed by atoms with Crippen molar-refractivity contribution in [2.45, 2.75) is 36.8 Å². The number of Topliss-reactive ketones (excluding diaryl/α,β-unsaturated/α-hetero) is 2. The molecule has 4 atom stereocenters. The topological polar surface area (TPSA) is 187 Å². The van der Waals surface area contributed by atoms with Gasteiger partial charge in [0.25, 0.3) is 5.91 Å². The summed E-state index contributed by atoms with van der Waals surface area (Å²) >= 11 is 1.46. The lowest BCUT2D eigenvalue weighted by molar-refractivity contribution is -0.153. The molecule has 188 valence electrons. The molecule has 0 aliphatic heterocycles. The van der Waals surface area contributed by atoms with Crippen LogP contribution in [0.3, 0.4) is 0 Å². The number of primary amides is 1. The lowest BCUT2D eigenvalue weighted by Crippen LogP contribution is -2.65. The second-order valence-electron chi connectivity index (χ2n) is 9.50. The number of fused-ring (bicyclic) bond motifs is 3. The van der Waals surface area contributed by atoms with Crippen molar-refractivity contribution in [1.82, 2.24) is 4.90 Å². The molecule has 4 rings (SSSR count). The molecule has 3 aliphatic rings. The summed E-state index contributed by atoms with van der Waals surface area (Å²) in [6.07, 6.45) is 2.13. The van der Waals surface area contributed by atoms with Crippen LogP contribution in [0.2, 0.25) is 0 Å². The van der Waals surface area contributed by atoms with Gasteiger partial charge in [0.05, 0.1) is 11.6 Å². The summed E-state index contributed by atoms with van der Waals surface area (Å²) in [5.41, 5.74) is 9.58. The van der Waals surface area contributed by atoms with E-state index in [0.717, 1.165) is 0 Å². The average molecular weight is 504 g/mol. The highest BCUT2D eigenvalue weighted by Crippen LogP contribution is 2.53. The summed E-state index contributed by atoms with van der Waals surface area (Å²) in [6, 6.07) is 0.670. The van der Waals surface area contributed by atoms with Gasteiger partial charge in [-0.1, -0.05) is 0 Å². The Kier molecular flexibility index (Phi) is 6.25. The number of thioether (sulfide) groups is 1. The number of hydrogen-bond acceptors (Lipinski definition) is 10. The number of aliphatic hydroxyl groups excluding tert-OH is 2. The number of hydrogen-bond donors (Lipinski definition) is 6. The molecule has 2 unspecified atom stereocenters. The van der Waals surface area contributed by atoms with E-state index in [1.54, 1.807) is 20.2 Å². The van der Waals surface area contributed by atoms with Crippen molar-refractivity contribution in [2.75, 3.05) is 20.4 Å². The largest absolute Gasteiger partial charge is 0.508 e. The number of phenolic OH excluding ortho intramolecular Hbond substituents is 1. The van der Waals surface area contributed by atoms with E-state index in [0.29, 0.717) is 22.4 Å². The van der Waals surface area contributed by atoms with Crippen LogP contribution in [0, 0.1) is 11.8 Å². The second kappa shape index (κ2) is 8.66. The molecule has 0 saturated heterocycles. The number of benzene rings is 1. The Morgan fingerprint density at radius 1 is 1.23 bits per heavy atom. The summed E-state index contributed by atoms with van der Waals surface area (Å²) in [5, 5.41) is 44.7. The minimum Gasteiger partial charge on any atom is -0.508 e. The maximum Gasteiger partial charge on any atom is 0.255 e. The average Bonchev–Trinajstić information content (AvgIpc) is 2.77. The monoisotopic (exact) mass is 503 g/mol. The van der Waals surface area contributed by atoms with Crippen LogP contribution in [0.1, 0.15) is 28.7 Å². The number of nitrogens with two attached hydrogens (primary N) is 2. The van der Waals surface area contributed by atoms with Crippen molar-refractivity contribution in [2.24, 2.45) is 23.3 Å². The molecular weight excluding hydrogens is 474 g/mol. The molecule has 1 aromatic rings. The molecule has 0 radical (unpaired) electrons. The van der Waals surface area contributed by atoms with Crippen molar-refractivity contribution >= 4 is 35.0 Å². The van der Waals surface area contributed by atoms with Crippen LogP contribution in [0.4, 0.5) is 0 Å². The van der Waals surface area contributed by atoms with Crippen molar-refractivity contribution in [3.8, 4) is 5.75 Å². The first-order valence-corrected chi connectivity index (χ1v) is 12.5. The van der Waals surface area contributed by atoms with Gasteiger partial charge in [0.15, 0.2) is 11.4 Å². The van der Waals surface area contributed by atoms with Crippen molar-refractivity contribution in [1.29, 1.82) is 0 Å². The zero-order valence-electron chi connectivity index (χ0n) is 19.7. The molecule has 10 nitrogen and oxygen atoms in total. The predicted molar refractivity (Wildman–Crippen MR) is 129 cm³/mol. The lowest BCUT2D eigenvalue weighted by atomic mass is 9.57. The number of ketones is 2. The van der Waals surface area contributed by atoms with Crippen LogP contribution < -0.4 is 11.5 Å². The minimum atomic E-state index is -2.65. The van der Waals surface area contributed by atoms with Crippen LogP contribution in [-0.4, -0.2) is 74.8 Å². The first-order valence-electron chi connectivity index (χ1n) is 11.1. The van der Waals surface area contributed by atoms with Gasteiger partial charge in [0.2, 0.25) is 5.78 Å². The highest BCUT2D eigenvalue weighted by molar-refractivity contribution is 7.97. The van der Waals surface area contributed by atoms with Gasteiger partial charge in [-0.15, -0.1) is 0 Å². The SMILES string of the molecule is CSCc1cc(CN)c2c(c1O)C(O)=C1C(=O)[C@@]3(O)C(O)=C(C(N)=O)C(=O)[C@H](N(C)C)C3CC1C2. The van der Waals surface area contributed by atoms with Crippen LogP contribution in [-0.2, 0) is 33.1 Å². The second-order valence-corrected chi connectivity index (χ2v) is 10.4. The fourth-order valence-electron chi connectivity index (χ4n) is 5.90. The van der Waals surface area contributed by atoms with Gasteiger partial charge in [0, 0.05) is 29.4 Å². The van der Waals surface area contributed by atoms with Crippen LogP contribution in [0.5, 0.6) is 5.75 Å². The van der Waals surface area contributed by atoms with E-state index in [9.17, 15) is 34.8 Å². The van der Waals surface area contributed by atoms with E-state index in [-0.39, 0.29) is 36.3 Å². The Bertz CT molecular complexity index is 1220. The Morgan fingerprint density at radius 3 is 2.43 bits per heavy atom. The van der Waals surface area contributed by atoms with Crippen LogP contribution >= 0.6 is 11.8 Å². The van der Waals surface area contributed by atoms with E-state index < -0.39 is 58.0 Å². The Balaban J connectivity index is 1.99. The van der Waals surface area contributed by atoms with Gasteiger partial charge in [-0.3, -0.25) is 19.3 Å². The molecule has 8 N–H and O–H groups in total. The van der Waals surface area contributed by atoms with Gasteiger partial charge in [-0.2, -0.15) is 11.8 Å². The number of amides is 1. The zero-order chi connectivity index (χ0) is 26.0. The summed E-state index contributed by atoms with van der Waals surface area (Å²) < 4.78 is 0. The third kappa shape index (κ3) is 3.40. The maximum atomic E-state index is 13.8. The Hall–Kier alpha value is -2.86. The molecule has 3 aliphatic carbocycles. The smallest absolute Gasteiger partial charge is 0.255 e. The molecule has 0 bridgehead atoms. The predicted octanol–water partition coefficient (Wildman–Crippen LogP) is 0.286. The third-order valence-electron chi connectivity index (χ3n) is 7.41. The van der Waals surface area contributed by atoms with Crippen molar-refractivity contribution < 1.29 is 34.8 Å². The molecule has 11 heteroatoms. The number of carbonyl (C=O) groups is 3. The summed E-state index contributed by atoms with van der Waals surface area (Å²) in [7, 11) is 3.12. The number of aliphatic hydroxyl groups is 3. The molecule has 1 amide bonds. The van der Waals surface area contributed by atoms with Gasteiger partial charge < -0.3 is 31.9 Å². The van der Waals surface area contributed by atoms with Gasteiger partial charge in [-0.25, -0.2) is 0 Å². The summed E-state index contributed by atoms with van der Waals surface area (Å²) in [5.74, 6) is -6.14. The van der Waals surface area contributed by atoms with Crippen LogP contribution in [0.15, 0.2) is 23.0 Å². The Morgan fingerprint density at radius 2 is 1.89 bits per heavy atom. The third-order valence-corrected chi connectivity index (χ3v) is 8.01. The molecule has 0 heterocycles. The van der Waals surface area contributed by atoms with Gasteiger partial charge in [-0.05, 0) is 56.3 Å². The van der Waals surface area contributed by atoms with E-state index >= 15 is 0 Å². The highest BCUT2D eigenvalue weighted by Gasteiger charge is 2.64. The highest BCUT2D eigenvalue weighted by atomic mass is 32.2. The summed E-state index contributed by atoms with van der Waals surface area (Å²) in [4.78, 5) is 40.4. The lowest BCUT2D eigenvalue weighted by Gasteiger charge is -2.50. The quantitative estimate of drug-likeness (QED) is 0.305. The number of aromatic hydroxyl groups is 1. The van der Waals surface area contributed by atoms with Crippen LogP contribution in [0.25, 0.3) is 5.76 Å². The van der Waals surface area contributed by atoms with E-state index in [1.165, 1.54) is 16.7 Å². The standard InChI is InChI=1S/C24H29N3O7S/c1-27(2)17-13-6-9-5-12-10(7-25)4-11(8-35-3)18(28)15(12)19(29)14(9)21(31)24(13,34)22(32)16(20(17)30)23(26)33/h4,9,13,17,28-29,32,34H,5-8,25H2,1-3H3,(H2,26,33)/t9?,13?,17-,24-/m1/s1. The Labute approximate surface area is 206 Å². The molecule has 35 heavy (non-hydrogen) atoms. The first-order chi connectivity index (χ1) is 16.4. The van der Waals surface area contributed by atoms with Gasteiger partial charge in [0.1, 0.15) is 22.8 Å². The minimum absolute atomic E-state index is 0.0447. The first kappa shape index (κ1) is 25.2. The normalized spacial score (nSPS) is 28.2. The number of phenols is 1. The molecule has 1 fully saturated rings. The molecule has 1 saturated carbocycles. The molecular formula is C24H29N3O7S. The number of rotatable bonds is 5. The van der Waals surface area contributed by atoms with Crippen molar-refractivity contribution in [3.05, 3.63) is 45.2 Å². The fourth-order valence-corrected chi connectivity index (χ4v) is 6.43.